The van der Waals surface area contributed by atoms with Gasteiger partial charge in [-0.3, -0.25) is 9.59 Å². The van der Waals surface area contributed by atoms with Crippen molar-refractivity contribution in [3.63, 3.8) is 0 Å². The molecular weight excluding hydrogens is 466 g/mol. The van der Waals surface area contributed by atoms with Crippen molar-refractivity contribution >= 4 is 52.2 Å². The molecule has 2 amide bonds. The molecule has 4 rings (SSSR count). The van der Waals surface area contributed by atoms with E-state index in [0.717, 1.165) is 32.9 Å². The number of aliphatic carboxylic acids is 1. The lowest BCUT2D eigenvalue weighted by Crippen LogP contribution is -2.55. The summed E-state index contributed by atoms with van der Waals surface area (Å²) in [5.41, 5.74) is 9.14. The van der Waals surface area contributed by atoms with Gasteiger partial charge in [-0.25, -0.2) is 4.79 Å². The lowest BCUT2D eigenvalue weighted by molar-refractivity contribution is -0.142. The first kappa shape index (κ1) is 24.4. The van der Waals surface area contributed by atoms with Crippen LogP contribution in [0.4, 0.5) is 0 Å². The number of carbonyl (C=O) groups is 3. The van der Waals surface area contributed by atoms with E-state index in [1.165, 1.54) is 0 Å². The number of benzene rings is 2. The molecule has 0 fully saturated rings. The summed E-state index contributed by atoms with van der Waals surface area (Å²) in [6.45, 7) is 0. The number of fused-ring (bicyclic) bond motifs is 2. The highest BCUT2D eigenvalue weighted by molar-refractivity contribution is 7.80. The number of nitrogens with two attached hydrogens (primary N) is 1. The second-order valence-electron chi connectivity index (χ2n) is 8.38. The number of carboxylic acids is 1. The van der Waals surface area contributed by atoms with Gasteiger partial charge in [0.05, 0.1) is 6.04 Å². The molecule has 9 nitrogen and oxygen atoms in total. The van der Waals surface area contributed by atoms with Gasteiger partial charge in [0.2, 0.25) is 11.8 Å². The quantitative estimate of drug-likeness (QED) is 0.168. The highest BCUT2D eigenvalue weighted by Gasteiger charge is 2.29. The van der Waals surface area contributed by atoms with E-state index < -0.39 is 35.9 Å². The van der Waals surface area contributed by atoms with Crippen molar-refractivity contribution in [3.8, 4) is 0 Å². The van der Waals surface area contributed by atoms with Gasteiger partial charge in [0.25, 0.3) is 0 Å². The molecule has 10 heteroatoms. The van der Waals surface area contributed by atoms with Crippen LogP contribution in [-0.2, 0) is 27.2 Å². The fourth-order valence-electron chi connectivity index (χ4n) is 4.08. The van der Waals surface area contributed by atoms with Crippen LogP contribution < -0.4 is 16.4 Å². The molecule has 0 aliphatic heterocycles. The Morgan fingerprint density at radius 1 is 0.829 bits per heavy atom. The van der Waals surface area contributed by atoms with Crippen molar-refractivity contribution in [2.24, 2.45) is 5.73 Å². The molecule has 0 spiro atoms. The molecule has 3 atom stereocenters. The van der Waals surface area contributed by atoms with E-state index >= 15 is 0 Å². The number of rotatable bonds is 10. The second kappa shape index (κ2) is 10.7. The van der Waals surface area contributed by atoms with Crippen LogP contribution in [0.15, 0.2) is 60.9 Å². The van der Waals surface area contributed by atoms with E-state index in [-0.39, 0.29) is 18.6 Å². The summed E-state index contributed by atoms with van der Waals surface area (Å²) in [4.78, 5) is 44.1. The zero-order chi connectivity index (χ0) is 24.9. The molecule has 7 N–H and O–H groups in total. The average molecular weight is 494 g/mol. The van der Waals surface area contributed by atoms with E-state index in [1.54, 1.807) is 12.4 Å². The van der Waals surface area contributed by atoms with Gasteiger partial charge in [0.15, 0.2) is 0 Å². The number of hydrogen-bond acceptors (Lipinski definition) is 5. The Morgan fingerprint density at radius 3 is 1.83 bits per heavy atom. The van der Waals surface area contributed by atoms with Gasteiger partial charge in [0, 0.05) is 52.8 Å². The number of para-hydroxylation sites is 2. The zero-order valence-electron chi connectivity index (χ0n) is 18.8. The first-order valence-electron chi connectivity index (χ1n) is 11.2. The Kier molecular flexibility index (Phi) is 7.42. The maximum absolute atomic E-state index is 13.3. The summed E-state index contributed by atoms with van der Waals surface area (Å²) in [5, 5.41) is 16.9. The van der Waals surface area contributed by atoms with Crippen LogP contribution >= 0.6 is 12.6 Å². The number of hydrogen-bond donors (Lipinski definition) is 7. The summed E-state index contributed by atoms with van der Waals surface area (Å²) >= 11 is 4.06. The van der Waals surface area contributed by atoms with Crippen LogP contribution in [0.2, 0.25) is 0 Å². The number of H-pyrrole nitrogens is 2. The first-order valence-corrected chi connectivity index (χ1v) is 11.8. The van der Waals surface area contributed by atoms with Gasteiger partial charge in [-0.15, -0.1) is 0 Å². The Morgan fingerprint density at radius 2 is 1.31 bits per heavy atom. The summed E-state index contributed by atoms with van der Waals surface area (Å²) in [5.74, 6) is -2.22. The highest BCUT2D eigenvalue weighted by atomic mass is 32.1. The van der Waals surface area contributed by atoms with Gasteiger partial charge >= 0.3 is 5.97 Å². The van der Waals surface area contributed by atoms with E-state index in [0.29, 0.717) is 0 Å². The average Bonchev–Trinajstić information content (AvgIpc) is 3.46. The van der Waals surface area contributed by atoms with Crippen molar-refractivity contribution in [1.82, 2.24) is 20.6 Å². The predicted molar refractivity (Wildman–Crippen MR) is 137 cm³/mol. The van der Waals surface area contributed by atoms with Crippen LogP contribution in [0.5, 0.6) is 0 Å². The zero-order valence-corrected chi connectivity index (χ0v) is 19.7. The number of aromatic amines is 2. The van der Waals surface area contributed by atoms with Gasteiger partial charge in [-0.05, 0) is 23.3 Å². The number of amides is 2. The maximum Gasteiger partial charge on any atom is 0.326 e. The molecule has 3 unspecified atom stereocenters. The minimum absolute atomic E-state index is 0.0784. The standard InChI is InChI=1S/C25H27N5O4S/c26-18(13-35)23(31)29-21(9-14-11-27-19-7-3-1-5-16(14)19)24(32)30-22(25(33)34)10-15-12-28-20-8-4-2-6-17(15)20/h1-8,11-12,18,21-22,27-28,35H,9-10,13,26H2,(H,29,31)(H,30,32)(H,33,34). The Hall–Kier alpha value is -3.76. The minimum atomic E-state index is -1.19. The SMILES string of the molecule is NC(CS)C(=O)NC(Cc1c[nH]c2ccccc12)C(=O)NC(Cc1c[nH]c2ccccc12)C(=O)O. The van der Waals surface area contributed by atoms with Crippen molar-refractivity contribution < 1.29 is 19.5 Å². The number of carbonyl (C=O) groups excluding carboxylic acids is 2. The fourth-order valence-corrected chi connectivity index (χ4v) is 4.25. The summed E-state index contributed by atoms with van der Waals surface area (Å²) in [6.07, 6.45) is 3.75. The number of thiol groups is 1. The number of carboxylic acid groups (broad SMARTS) is 1. The van der Waals surface area contributed by atoms with Crippen LogP contribution in [0, 0.1) is 0 Å². The predicted octanol–water partition coefficient (Wildman–Crippen LogP) is 1.75. The molecule has 2 aromatic carbocycles. The molecule has 2 aromatic heterocycles. The highest BCUT2D eigenvalue weighted by Crippen LogP contribution is 2.21. The molecule has 182 valence electrons. The molecule has 0 aliphatic rings. The van der Waals surface area contributed by atoms with Gasteiger partial charge in [-0.2, -0.15) is 12.6 Å². The van der Waals surface area contributed by atoms with E-state index in [4.69, 9.17) is 5.73 Å². The van der Waals surface area contributed by atoms with Crippen LogP contribution in [0.25, 0.3) is 21.8 Å². The molecule has 0 saturated heterocycles. The van der Waals surface area contributed by atoms with Crippen LogP contribution in [-0.4, -0.2) is 56.7 Å². The monoisotopic (exact) mass is 493 g/mol. The van der Waals surface area contributed by atoms with Gasteiger partial charge < -0.3 is 31.4 Å². The lowest BCUT2D eigenvalue weighted by atomic mass is 10.0. The molecule has 0 saturated carbocycles. The van der Waals surface area contributed by atoms with Gasteiger partial charge in [0.1, 0.15) is 12.1 Å². The fraction of sp³-hybridized carbons (Fsp3) is 0.240. The van der Waals surface area contributed by atoms with E-state index in [9.17, 15) is 19.5 Å². The van der Waals surface area contributed by atoms with Gasteiger partial charge in [-0.1, -0.05) is 36.4 Å². The second-order valence-corrected chi connectivity index (χ2v) is 8.74. The maximum atomic E-state index is 13.3. The molecule has 0 bridgehead atoms. The lowest BCUT2D eigenvalue weighted by Gasteiger charge is -2.22. The van der Waals surface area contributed by atoms with Crippen LogP contribution in [0.3, 0.4) is 0 Å². The third-order valence-electron chi connectivity index (χ3n) is 5.98. The smallest absolute Gasteiger partial charge is 0.326 e. The normalized spacial score (nSPS) is 13.9. The molecule has 4 aromatic rings. The van der Waals surface area contributed by atoms with Crippen molar-refractivity contribution in [2.45, 2.75) is 31.0 Å². The largest absolute Gasteiger partial charge is 0.480 e. The van der Waals surface area contributed by atoms with Crippen LogP contribution in [0.1, 0.15) is 11.1 Å². The Bertz CT molecular complexity index is 1360. The molecule has 0 aliphatic carbocycles. The molecular formula is C25H27N5O4S. The number of nitrogens with one attached hydrogen (secondary N) is 4. The van der Waals surface area contributed by atoms with Crippen molar-refractivity contribution in [3.05, 3.63) is 72.1 Å². The molecule has 0 radical (unpaired) electrons. The van der Waals surface area contributed by atoms with Crippen molar-refractivity contribution in [2.75, 3.05) is 5.75 Å². The van der Waals surface area contributed by atoms with Crippen molar-refractivity contribution in [1.29, 1.82) is 0 Å². The number of aromatic nitrogens is 2. The summed E-state index contributed by atoms with van der Waals surface area (Å²) < 4.78 is 0. The van der Waals surface area contributed by atoms with E-state index in [2.05, 4.69) is 33.2 Å². The Labute approximate surface area is 206 Å². The molecule has 2 heterocycles. The van der Waals surface area contributed by atoms with E-state index in [1.807, 2.05) is 48.5 Å². The third kappa shape index (κ3) is 5.50. The molecule has 35 heavy (non-hydrogen) atoms. The summed E-state index contributed by atoms with van der Waals surface area (Å²) in [6, 6.07) is 12.0. The Balaban J connectivity index is 1.56. The minimum Gasteiger partial charge on any atom is -0.480 e. The first-order chi connectivity index (χ1) is 16.9. The third-order valence-corrected chi connectivity index (χ3v) is 6.37. The topological polar surface area (TPSA) is 153 Å². The summed E-state index contributed by atoms with van der Waals surface area (Å²) in [7, 11) is 0.